The molecule has 0 atom stereocenters. The van der Waals surface area contributed by atoms with E-state index in [2.05, 4.69) is 31.9 Å². The largest absolute Gasteiger partial charge is 0.204 e. The molecule has 74 valence electrons. The molecule has 2 rings (SSSR count). The van der Waals surface area contributed by atoms with Crippen molar-refractivity contribution in [2.45, 2.75) is 5.33 Å². The summed E-state index contributed by atoms with van der Waals surface area (Å²) in [6.07, 6.45) is 0. The first kappa shape index (κ1) is 10.5. The van der Waals surface area contributed by atoms with Crippen LogP contribution in [0.4, 0.5) is 8.78 Å². The molecule has 0 amide bonds. The van der Waals surface area contributed by atoms with Gasteiger partial charge in [-0.05, 0) is 28.1 Å². The standard InChI is InChI=1S/C9H4Br2F2S/c10-3-4-1-5-8(13)7(12)2-6(11)9(5)14-4/h1-2H,3H2. The van der Waals surface area contributed by atoms with Gasteiger partial charge in [-0.1, -0.05) is 15.9 Å². The number of hydrogen-bond acceptors (Lipinski definition) is 1. The molecule has 14 heavy (non-hydrogen) atoms. The quantitative estimate of drug-likeness (QED) is 0.514. The summed E-state index contributed by atoms with van der Waals surface area (Å²) in [5.74, 6) is -1.59. The summed E-state index contributed by atoms with van der Waals surface area (Å²) in [6.45, 7) is 0. The number of fused-ring (bicyclic) bond motifs is 1. The van der Waals surface area contributed by atoms with E-state index in [1.165, 1.54) is 11.3 Å². The fourth-order valence-corrected chi connectivity index (χ4v) is 3.29. The monoisotopic (exact) mass is 340 g/mol. The van der Waals surface area contributed by atoms with Gasteiger partial charge in [0, 0.05) is 20.1 Å². The van der Waals surface area contributed by atoms with Crippen LogP contribution in [0.5, 0.6) is 0 Å². The third-order valence-corrected chi connectivity index (χ3v) is 4.86. The van der Waals surface area contributed by atoms with Crippen LogP contribution >= 0.6 is 43.2 Å². The summed E-state index contributed by atoms with van der Waals surface area (Å²) in [7, 11) is 0. The Kier molecular flexibility index (Phi) is 2.91. The number of halogens is 4. The van der Waals surface area contributed by atoms with Crippen LogP contribution in [0.25, 0.3) is 10.1 Å². The van der Waals surface area contributed by atoms with E-state index in [0.717, 1.165) is 15.6 Å². The lowest BCUT2D eigenvalue weighted by Gasteiger charge is -1.96. The van der Waals surface area contributed by atoms with E-state index in [0.29, 0.717) is 15.2 Å². The Morgan fingerprint density at radius 2 is 2.00 bits per heavy atom. The van der Waals surface area contributed by atoms with Gasteiger partial charge in [-0.3, -0.25) is 0 Å². The Labute approximate surface area is 100 Å². The number of thiophene rings is 1. The highest BCUT2D eigenvalue weighted by Gasteiger charge is 2.13. The highest BCUT2D eigenvalue weighted by molar-refractivity contribution is 9.10. The topological polar surface area (TPSA) is 0 Å². The summed E-state index contributed by atoms with van der Waals surface area (Å²) in [6, 6.07) is 2.82. The molecule has 5 heteroatoms. The molecule has 1 heterocycles. The van der Waals surface area contributed by atoms with Gasteiger partial charge in [-0.15, -0.1) is 11.3 Å². The molecule has 0 bridgehead atoms. The predicted molar refractivity (Wildman–Crippen MR) is 62.1 cm³/mol. The Morgan fingerprint density at radius 1 is 1.29 bits per heavy atom. The van der Waals surface area contributed by atoms with Gasteiger partial charge in [0.1, 0.15) is 0 Å². The molecule has 0 spiro atoms. The van der Waals surface area contributed by atoms with Gasteiger partial charge in [-0.25, -0.2) is 8.78 Å². The predicted octanol–water partition coefficient (Wildman–Crippen LogP) is 4.84. The van der Waals surface area contributed by atoms with Crippen LogP contribution in [0.15, 0.2) is 16.6 Å². The fraction of sp³-hybridized carbons (Fsp3) is 0.111. The van der Waals surface area contributed by atoms with Crippen LogP contribution in [0.3, 0.4) is 0 Å². The summed E-state index contributed by atoms with van der Waals surface area (Å²) in [5.41, 5.74) is 0. The molecule has 0 aliphatic heterocycles. The maximum atomic E-state index is 13.3. The lowest BCUT2D eigenvalue weighted by atomic mass is 10.2. The van der Waals surface area contributed by atoms with Crippen LogP contribution in [0, 0.1) is 11.6 Å². The molecule has 0 nitrogen and oxygen atoms in total. The molecule has 0 saturated carbocycles. The van der Waals surface area contributed by atoms with Crippen molar-refractivity contribution in [1.82, 2.24) is 0 Å². The van der Waals surface area contributed by atoms with Crippen LogP contribution in [-0.2, 0) is 5.33 Å². The molecule has 1 aromatic heterocycles. The van der Waals surface area contributed by atoms with Gasteiger partial charge >= 0.3 is 0 Å². The van der Waals surface area contributed by atoms with Gasteiger partial charge in [0.05, 0.1) is 4.70 Å². The molecular weight excluding hydrogens is 338 g/mol. The molecule has 0 unspecified atom stereocenters. The molecule has 0 aliphatic rings. The minimum atomic E-state index is -0.816. The zero-order chi connectivity index (χ0) is 10.3. The number of benzene rings is 1. The minimum absolute atomic E-state index is 0.344. The van der Waals surface area contributed by atoms with E-state index in [1.54, 1.807) is 6.07 Å². The normalized spacial score (nSPS) is 11.1. The average Bonchev–Trinajstić information content (AvgIpc) is 2.58. The summed E-state index contributed by atoms with van der Waals surface area (Å²) < 4.78 is 27.7. The highest BCUT2D eigenvalue weighted by Crippen LogP contribution is 2.35. The zero-order valence-electron chi connectivity index (χ0n) is 6.78. The van der Waals surface area contributed by atoms with Gasteiger partial charge in [-0.2, -0.15) is 0 Å². The first-order valence-corrected chi connectivity index (χ1v) is 6.48. The Bertz CT molecular complexity index is 493. The third-order valence-electron chi connectivity index (χ3n) is 1.83. The maximum Gasteiger partial charge on any atom is 0.167 e. The molecule has 0 aliphatic carbocycles. The van der Waals surface area contributed by atoms with Crippen molar-refractivity contribution in [3.63, 3.8) is 0 Å². The first-order valence-electron chi connectivity index (χ1n) is 3.75. The number of hydrogen-bond donors (Lipinski definition) is 0. The second-order valence-corrected chi connectivity index (χ2v) is 5.30. The fourth-order valence-electron chi connectivity index (χ4n) is 1.22. The van der Waals surface area contributed by atoms with Crippen molar-refractivity contribution in [1.29, 1.82) is 0 Å². The van der Waals surface area contributed by atoms with Crippen molar-refractivity contribution in [2.75, 3.05) is 0 Å². The van der Waals surface area contributed by atoms with E-state index in [4.69, 9.17) is 0 Å². The van der Waals surface area contributed by atoms with Crippen LogP contribution in [-0.4, -0.2) is 0 Å². The lowest BCUT2D eigenvalue weighted by molar-refractivity contribution is 0.516. The van der Waals surface area contributed by atoms with Crippen molar-refractivity contribution in [3.05, 3.63) is 33.1 Å². The molecule has 0 saturated heterocycles. The molecule has 0 fully saturated rings. The second-order valence-electron chi connectivity index (χ2n) is 2.74. The second kappa shape index (κ2) is 3.87. The van der Waals surface area contributed by atoms with E-state index < -0.39 is 11.6 Å². The van der Waals surface area contributed by atoms with Crippen molar-refractivity contribution in [3.8, 4) is 0 Å². The maximum absolute atomic E-state index is 13.3. The molecular formula is C9H4Br2F2S. The molecule has 0 radical (unpaired) electrons. The van der Waals surface area contributed by atoms with Gasteiger partial charge in [0.15, 0.2) is 11.6 Å². The Balaban J connectivity index is 2.84. The smallest absolute Gasteiger partial charge is 0.167 e. The Morgan fingerprint density at radius 3 is 2.64 bits per heavy atom. The van der Waals surface area contributed by atoms with E-state index in [1.807, 2.05) is 0 Å². The number of rotatable bonds is 1. The Hall–Kier alpha value is -0.0000000000000000555. The van der Waals surface area contributed by atoms with Crippen molar-refractivity contribution in [2.24, 2.45) is 0 Å². The van der Waals surface area contributed by atoms with Crippen LogP contribution in [0.1, 0.15) is 4.88 Å². The van der Waals surface area contributed by atoms with Gasteiger partial charge in [0.25, 0.3) is 0 Å². The van der Waals surface area contributed by atoms with Gasteiger partial charge < -0.3 is 0 Å². The van der Waals surface area contributed by atoms with Gasteiger partial charge in [0.2, 0.25) is 0 Å². The molecule has 0 N–H and O–H groups in total. The highest BCUT2D eigenvalue weighted by atomic mass is 79.9. The summed E-state index contributed by atoms with van der Waals surface area (Å²) in [5, 5.41) is 0.996. The van der Waals surface area contributed by atoms with E-state index in [9.17, 15) is 8.78 Å². The lowest BCUT2D eigenvalue weighted by Crippen LogP contribution is -1.83. The summed E-state index contributed by atoms with van der Waals surface area (Å²) in [4.78, 5) is 0.977. The average molecular weight is 342 g/mol. The molecule has 1 aromatic carbocycles. The van der Waals surface area contributed by atoms with E-state index >= 15 is 0 Å². The van der Waals surface area contributed by atoms with Crippen molar-refractivity contribution >= 4 is 53.3 Å². The zero-order valence-corrected chi connectivity index (χ0v) is 10.8. The molecule has 2 aromatic rings. The summed E-state index contributed by atoms with van der Waals surface area (Å²) >= 11 is 7.94. The van der Waals surface area contributed by atoms with E-state index in [-0.39, 0.29) is 0 Å². The minimum Gasteiger partial charge on any atom is -0.204 e. The third kappa shape index (κ3) is 1.61. The first-order chi connectivity index (χ1) is 6.63. The van der Waals surface area contributed by atoms with Crippen molar-refractivity contribution < 1.29 is 8.78 Å². The van der Waals surface area contributed by atoms with Crippen LogP contribution < -0.4 is 0 Å². The SMILES string of the molecule is Fc1cc(Br)c2sc(CBr)cc2c1F. The van der Waals surface area contributed by atoms with Crippen LogP contribution in [0.2, 0.25) is 0 Å². The number of alkyl halides is 1.